The van der Waals surface area contributed by atoms with E-state index in [1.54, 1.807) is 36.4 Å². The molecule has 1 heterocycles. The van der Waals surface area contributed by atoms with Gasteiger partial charge in [-0.1, -0.05) is 24.3 Å². The SMILES string of the molecule is O=C(NCc1ccc2c(c1)OCO2)Nc1cccc(OCc2cccc(F)c2)c1. The van der Waals surface area contributed by atoms with E-state index >= 15 is 0 Å². The number of hydrogen-bond acceptors (Lipinski definition) is 4. The Kier molecular flexibility index (Phi) is 5.47. The average molecular weight is 394 g/mol. The number of rotatable bonds is 6. The summed E-state index contributed by atoms with van der Waals surface area (Å²) in [5, 5.41) is 5.56. The van der Waals surface area contributed by atoms with Crippen molar-refractivity contribution in [3.63, 3.8) is 0 Å². The van der Waals surface area contributed by atoms with Crippen LogP contribution in [-0.2, 0) is 13.2 Å². The summed E-state index contributed by atoms with van der Waals surface area (Å²) in [6.07, 6.45) is 0. The second-order valence-electron chi connectivity index (χ2n) is 6.44. The summed E-state index contributed by atoms with van der Waals surface area (Å²) in [6, 6.07) is 18.4. The molecule has 0 spiro atoms. The van der Waals surface area contributed by atoms with Crippen LogP contribution in [0.4, 0.5) is 14.9 Å². The lowest BCUT2D eigenvalue weighted by molar-refractivity contribution is 0.174. The molecule has 0 fully saturated rings. The quantitative estimate of drug-likeness (QED) is 0.648. The molecule has 0 saturated carbocycles. The first kappa shape index (κ1) is 18.6. The van der Waals surface area contributed by atoms with Gasteiger partial charge in [0, 0.05) is 18.3 Å². The number of ether oxygens (including phenoxy) is 3. The predicted octanol–water partition coefficient (Wildman–Crippen LogP) is 4.46. The van der Waals surface area contributed by atoms with E-state index in [-0.39, 0.29) is 25.2 Å². The van der Waals surface area contributed by atoms with Gasteiger partial charge in [0.2, 0.25) is 6.79 Å². The van der Waals surface area contributed by atoms with Crippen molar-refractivity contribution >= 4 is 11.7 Å². The summed E-state index contributed by atoms with van der Waals surface area (Å²) < 4.78 is 29.5. The van der Waals surface area contributed by atoms with E-state index in [0.29, 0.717) is 29.5 Å². The summed E-state index contributed by atoms with van der Waals surface area (Å²) in [5.74, 6) is 1.64. The number of benzene rings is 3. The van der Waals surface area contributed by atoms with Gasteiger partial charge in [0.1, 0.15) is 18.2 Å². The maximum absolute atomic E-state index is 13.2. The molecule has 3 aromatic carbocycles. The molecular weight excluding hydrogens is 375 g/mol. The minimum absolute atomic E-state index is 0.213. The molecule has 0 aliphatic carbocycles. The van der Waals surface area contributed by atoms with Gasteiger partial charge in [-0.25, -0.2) is 9.18 Å². The van der Waals surface area contributed by atoms with Gasteiger partial charge >= 0.3 is 6.03 Å². The van der Waals surface area contributed by atoms with Crippen molar-refractivity contribution < 1.29 is 23.4 Å². The standard InChI is InChI=1S/C22H19FN2O4/c23-17-4-1-3-16(9-17)13-27-19-6-2-5-18(11-19)25-22(26)24-12-15-7-8-20-21(10-15)29-14-28-20/h1-11H,12-14H2,(H2,24,25,26). The van der Waals surface area contributed by atoms with Crippen molar-refractivity contribution in [1.82, 2.24) is 5.32 Å². The van der Waals surface area contributed by atoms with Gasteiger partial charge in [-0.2, -0.15) is 0 Å². The normalized spacial score (nSPS) is 11.8. The third-order valence-electron chi connectivity index (χ3n) is 4.28. The largest absolute Gasteiger partial charge is 0.489 e. The maximum atomic E-state index is 13.2. The van der Waals surface area contributed by atoms with Crippen molar-refractivity contribution in [2.75, 3.05) is 12.1 Å². The maximum Gasteiger partial charge on any atom is 0.319 e. The van der Waals surface area contributed by atoms with Gasteiger partial charge in [0.15, 0.2) is 11.5 Å². The number of urea groups is 1. The van der Waals surface area contributed by atoms with Crippen LogP contribution in [0, 0.1) is 5.82 Å². The number of carbonyl (C=O) groups excluding carboxylic acids is 1. The van der Waals surface area contributed by atoms with Crippen molar-refractivity contribution in [3.05, 3.63) is 83.7 Å². The molecule has 0 saturated heterocycles. The first-order chi connectivity index (χ1) is 14.2. The first-order valence-corrected chi connectivity index (χ1v) is 9.06. The van der Waals surface area contributed by atoms with Crippen LogP contribution >= 0.6 is 0 Å². The zero-order valence-corrected chi connectivity index (χ0v) is 15.5. The number of amides is 2. The zero-order valence-electron chi connectivity index (χ0n) is 15.5. The number of nitrogens with one attached hydrogen (secondary N) is 2. The molecule has 0 unspecified atom stereocenters. The highest BCUT2D eigenvalue weighted by Gasteiger charge is 2.13. The Labute approximate surface area is 167 Å². The molecule has 2 amide bonds. The third-order valence-corrected chi connectivity index (χ3v) is 4.28. The van der Waals surface area contributed by atoms with E-state index in [0.717, 1.165) is 11.1 Å². The summed E-state index contributed by atoms with van der Waals surface area (Å²) in [6.45, 7) is 0.792. The third kappa shape index (κ3) is 4.95. The van der Waals surface area contributed by atoms with E-state index in [1.165, 1.54) is 12.1 Å². The molecule has 4 rings (SSSR count). The van der Waals surface area contributed by atoms with Crippen LogP contribution < -0.4 is 24.8 Å². The molecule has 148 valence electrons. The zero-order chi connectivity index (χ0) is 20.1. The summed E-state index contributed by atoms with van der Waals surface area (Å²) in [7, 11) is 0. The fourth-order valence-electron chi connectivity index (χ4n) is 2.87. The smallest absolute Gasteiger partial charge is 0.319 e. The Morgan fingerprint density at radius 3 is 2.72 bits per heavy atom. The molecule has 29 heavy (non-hydrogen) atoms. The molecule has 0 aromatic heterocycles. The van der Waals surface area contributed by atoms with E-state index in [4.69, 9.17) is 14.2 Å². The minimum atomic E-state index is -0.343. The van der Waals surface area contributed by atoms with Crippen LogP contribution in [0.1, 0.15) is 11.1 Å². The molecule has 7 heteroatoms. The van der Waals surface area contributed by atoms with Gasteiger partial charge in [-0.15, -0.1) is 0 Å². The van der Waals surface area contributed by atoms with Crippen molar-refractivity contribution in [3.8, 4) is 17.2 Å². The molecule has 1 aliphatic heterocycles. The molecular formula is C22H19FN2O4. The number of halogens is 1. The van der Waals surface area contributed by atoms with Crippen LogP contribution in [0.15, 0.2) is 66.7 Å². The monoisotopic (exact) mass is 394 g/mol. The lowest BCUT2D eigenvalue weighted by atomic mass is 10.2. The highest BCUT2D eigenvalue weighted by molar-refractivity contribution is 5.89. The Morgan fingerprint density at radius 1 is 0.966 bits per heavy atom. The Bertz CT molecular complexity index is 1030. The second kappa shape index (κ2) is 8.52. The van der Waals surface area contributed by atoms with Crippen molar-refractivity contribution in [1.29, 1.82) is 0 Å². The van der Waals surface area contributed by atoms with Crippen LogP contribution in [-0.4, -0.2) is 12.8 Å². The molecule has 3 aromatic rings. The lowest BCUT2D eigenvalue weighted by Gasteiger charge is -2.11. The molecule has 2 N–H and O–H groups in total. The van der Waals surface area contributed by atoms with Gasteiger partial charge < -0.3 is 24.8 Å². The average Bonchev–Trinajstić information content (AvgIpc) is 3.19. The van der Waals surface area contributed by atoms with Crippen LogP contribution in [0.3, 0.4) is 0 Å². The van der Waals surface area contributed by atoms with Crippen molar-refractivity contribution in [2.45, 2.75) is 13.2 Å². The van der Waals surface area contributed by atoms with Crippen LogP contribution in [0.25, 0.3) is 0 Å². The van der Waals surface area contributed by atoms with Gasteiger partial charge in [-0.05, 0) is 47.5 Å². The van der Waals surface area contributed by atoms with E-state index in [2.05, 4.69) is 10.6 Å². The highest BCUT2D eigenvalue weighted by atomic mass is 19.1. The fourth-order valence-corrected chi connectivity index (χ4v) is 2.87. The fraction of sp³-hybridized carbons (Fsp3) is 0.136. The predicted molar refractivity (Wildman–Crippen MR) is 106 cm³/mol. The summed E-state index contributed by atoms with van der Waals surface area (Å²) >= 11 is 0. The van der Waals surface area contributed by atoms with E-state index in [1.807, 2.05) is 18.2 Å². The molecule has 1 aliphatic rings. The van der Waals surface area contributed by atoms with Crippen LogP contribution in [0.5, 0.6) is 17.2 Å². The number of carbonyl (C=O) groups is 1. The summed E-state index contributed by atoms with van der Waals surface area (Å²) in [4.78, 5) is 12.2. The number of fused-ring (bicyclic) bond motifs is 1. The van der Waals surface area contributed by atoms with E-state index < -0.39 is 0 Å². The Morgan fingerprint density at radius 2 is 1.83 bits per heavy atom. The molecule has 0 atom stereocenters. The van der Waals surface area contributed by atoms with Gasteiger partial charge in [-0.3, -0.25) is 0 Å². The molecule has 0 radical (unpaired) electrons. The van der Waals surface area contributed by atoms with E-state index in [9.17, 15) is 9.18 Å². The highest BCUT2D eigenvalue weighted by Crippen LogP contribution is 2.32. The van der Waals surface area contributed by atoms with Crippen LogP contribution in [0.2, 0.25) is 0 Å². The van der Waals surface area contributed by atoms with Crippen molar-refractivity contribution in [2.24, 2.45) is 0 Å². The molecule has 6 nitrogen and oxygen atoms in total. The van der Waals surface area contributed by atoms with Gasteiger partial charge in [0.05, 0.1) is 0 Å². The summed E-state index contributed by atoms with van der Waals surface area (Å²) in [5.41, 5.74) is 2.21. The number of anilines is 1. The Hall–Kier alpha value is -3.74. The topological polar surface area (TPSA) is 68.8 Å². The molecule has 0 bridgehead atoms. The first-order valence-electron chi connectivity index (χ1n) is 9.06. The van der Waals surface area contributed by atoms with Gasteiger partial charge in [0.25, 0.3) is 0 Å². The lowest BCUT2D eigenvalue weighted by Crippen LogP contribution is -2.28. The minimum Gasteiger partial charge on any atom is -0.489 e. The number of hydrogen-bond donors (Lipinski definition) is 2. The Balaban J connectivity index is 1.29. The second-order valence-corrected chi connectivity index (χ2v) is 6.44.